The Balaban J connectivity index is 2.31. The minimum Gasteiger partial charge on any atom is -0.313 e. The molecule has 100 valence electrons. The average molecular weight is 387 g/mol. The van der Waals surface area contributed by atoms with Crippen molar-refractivity contribution in [1.82, 2.24) is 5.32 Å². The molecule has 1 unspecified atom stereocenters. The topological polar surface area (TPSA) is 12.0 Å². The van der Waals surface area contributed by atoms with Gasteiger partial charge in [-0.3, -0.25) is 0 Å². The SMILES string of the molecule is CNC(Cc1ccccc1Br)c1cccc(F)c1Br. The van der Waals surface area contributed by atoms with Gasteiger partial charge in [0.1, 0.15) is 5.82 Å². The number of rotatable bonds is 4. The summed E-state index contributed by atoms with van der Waals surface area (Å²) in [5.41, 5.74) is 2.12. The number of benzene rings is 2. The lowest BCUT2D eigenvalue weighted by Gasteiger charge is -2.19. The predicted molar refractivity (Wildman–Crippen MR) is 83.7 cm³/mol. The van der Waals surface area contributed by atoms with Gasteiger partial charge in [0, 0.05) is 10.5 Å². The summed E-state index contributed by atoms with van der Waals surface area (Å²) in [6.07, 6.45) is 0.792. The molecule has 4 heteroatoms. The molecule has 0 aromatic heterocycles. The minimum atomic E-state index is -0.232. The fourth-order valence-electron chi connectivity index (χ4n) is 2.04. The highest BCUT2D eigenvalue weighted by Crippen LogP contribution is 2.29. The first-order chi connectivity index (χ1) is 9.13. The fourth-order valence-corrected chi connectivity index (χ4v) is 3.03. The average Bonchev–Trinajstić information content (AvgIpc) is 2.41. The molecule has 2 aromatic carbocycles. The van der Waals surface area contributed by atoms with Crippen molar-refractivity contribution in [2.45, 2.75) is 12.5 Å². The molecule has 2 rings (SSSR count). The second kappa shape index (κ2) is 6.64. The first-order valence-corrected chi connectivity index (χ1v) is 7.56. The molecule has 2 aromatic rings. The van der Waals surface area contributed by atoms with Crippen LogP contribution in [0.5, 0.6) is 0 Å². The van der Waals surface area contributed by atoms with E-state index in [2.05, 4.69) is 43.2 Å². The monoisotopic (exact) mass is 385 g/mol. The van der Waals surface area contributed by atoms with E-state index in [4.69, 9.17) is 0 Å². The highest BCUT2D eigenvalue weighted by molar-refractivity contribution is 9.10. The van der Waals surface area contributed by atoms with Gasteiger partial charge in [0.2, 0.25) is 0 Å². The Morgan fingerprint density at radius 1 is 1.11 bits per heavy atom. The van der Waals surface area contributed by atoms with E-state index in [0.717, 1.165) is 16.5 Å². The molecule has 0 spiro atoms. The molecule has 1 atom stereocenters. The van der Waals surface area contributed by atoms with Gasteiger partial charge in [0.25, 0.3) is 0 Å². The summed E-state index contributed by atoms with van der Waals surface area (Å²) in [7, 11) is 1.89. The molecule has 0 saturated heterocycles. The maximum Gasteiger partial charge on any atom is 0.137 e. The Labute approximate surface area is 129 Å². The van der Waals surface area contributed by atoms with Crippen molar-refractivity contribution in [3.8, 4) is 0 Å². The summed E-state index contributed by atoms with van der Waals surface area (Å²) >= 11 is 6.87. The number of halogens is 3. The van der Waals surface area contributed by atoms with Gasteiger partial charge < -0.3 is 5.32 Å². The largest absolute Gasteiger partial charge is 0.313 e. The molecular formula is C15H14Br2FN. The van der Waals surface area contributed by atoms with E-state index in [1.165, 1.54) is 11.6 Å². The van der Waals surface area contributed by atoms with Crippen molar-refractivity contribution in [3.05, 3.63) is 68.4 Å². The molecule has 19 heavy (non-hydrogen) atoms. The fraction of sp³-hybridized carbons (Fsp3) is 0.200. The van der Waals surface area contributed by atoms with Gasteiger partial charge in [0.15, 0.2) is 0 Å². The van der Waals surface area contributed by atoms with Crippen LogP contribution in [0.4, 0.5) is 4.39 Å². The summed E-state index contributed by atoms with van der Waals surface area (Å²) in [4.78, 5) is 0. The second-order valence-corrected chi connectivity index (χ2v) is 5.93. The molecule has 0 amide bonds. The highest BCUT2D eigenvalue weighted by atomic mass is 79.9. The third-order valence-corrected chi connectivity index (χ3v) is 4.70. The van der Waals surface area contributed by atoms with Gasteiger partial charge in [-0.05, 0) is 52.7 Å². The van der Waals surface area contributed by atoms with Crippen LogP contribution in [0.1, 0.15) is 17.2 Å². The van der Waals surface area contributed by atoms with Crippen LogP contribution in [0.25, 0.3) is 0 Å². The first-order valence-electron chi connectivity index (χ1n) is 5.98. The lowest BCUT2D eigenvalue weighted by Crippen LogP contribution is -2.19. The van der Waals surface area contributed by atoms with Crippen LogP contribution in [0, 0.1) is 5.82 Å². The van der Waals surface area contributed by atoms with Gasteiger partial charge in [0.05, 0.1) is 4.47 Å². The molecule has 0 aliphatic heterocycles. The Bertz CT molecular complexity index is 572. The zero-order valence-corrected chi connectivity index (χ0v) is 13.6. The summed E-state index contributed by atoms with van der Waals surface area (Å²) in [6.45, 7) is 0. The van der Waals surface area contributed by atoms with Gasteiger partial charge >= 0.3 is 0 Å². The lowest BCUT2D eigenvalue weighted by atomic mass is 9.99. The van der Waals surface area contributed by atoms with Crippen molar-refractivity contribution in [3.63, 3.8) is 0 Å². The maximum absolute atomic E-state index is 13.6. The summed E-state index contributed by atoms with van der Waals surface area (Å²) < 4.78 is 15.2. The van der Waals surface area contributed by atoms with E-state index in [1.54, 1.807) is 6.07 Å². The highest BCUT2D eigenvalue weighted by Gasteiger charge is 2.16. The van der Waals surface area contributed by atoms with Crippen LogP contribution < -0.4 is 5.32 Å². The molecule has 0 heterocycles. The minimum absolute atomic E-state index is 0.0591. The molecule has 1 N–H and O–H groups in total. The Kier molecular flexibility index (Phi) is 5.13. The number of nitrogens with one attached hydrogen (secondary N) is 1. The standard InChI is InChI=1S/C15H14Br2FN/c1-19-14(9-10-5-2-3-7-12(10)16)11-6-4-8-13(18)15(11)17/h2-8,14,19H,9H2,1H3. The molecular weight excluding hydrogens is 373 g/mol. The van der Waals surface area contributed by atoms with E-state index in [1.807, 2.05) is 31.3 Å². The summed E-state index contributed by atoms with van der Waals surface area (Å²) in [6, 6.07) is 13.3. The van der Waals surface area contributed by atoms with Crippen molar-refractivity contribution < 1.29 is 4.39 Å². The smallest absolute Gasteiger partial charge is 0.137 e. The van der Waals surface area contributed by atoms with Crippen molar-refractivity contribution >= 4 is 31.9 Å². The quantitative estimate of drug-likeness (QED) is 0.791. The maximum atomic E-state index is 13.6. The molecule has 1 nitrogen and oxygen atoms in total. The summed E-state index contributed by atoms with van der Waals surface area (Å²) in [5, 5.41) is 3.24. The molecule has 0 fully saturated rings. The van der Waals surface area contributed by atoms with Crippen LogP contribution in [-0.2, 0) is 6.42 Å². The van der Waals surface area contributed by atoms with Crippen molar-refractivity contribution in [1.29, 1.82) is 0 Å². The van der Waals surface area contributed by atoms with Crippen molar-refractivity contribution in [2.24, 2.45) is 0 Å². The van der Waals surface area contributed by atoms with E-state index in [0.29, 0.717) is 4.47 Å². The van der Waals surface area contributed by atoms with Crippen LogP contribution >= 0.6 is 31.9 Å². The van der Waals surface area contributed by atoms with Crippen LogP contribution in [0.2, 0.25) is 0 Å². The molecule has 0 aliphatic rings. The van der Waals surface area contributed by atoms with Gasteiger partial charge in [-0.1, -0.05) is 46.3 Å². The normalized spacial score (nSPS) is 12.4. The third-order valence-electron chi connectivity index (χ3n) is 3.09. The Morgan fingerprint density at radius 3 is 2.53 bits per heavy atom. The summed E-state index contributed by atoms with van der Waals surface area (Å²) in [5.74, 6) is -0.232. The Hall–Kier alpha value is -0.710. The Morgan fingerprint density at radius 2 is 1.84 bits per heavy atom. The van der Waals surface area contributed by atoms with Gasteiger partial charge in [-0.2, -0.15) is 0 Å². The predicted octanol–water partition coefficient (Wildman–Crippen LogP) is 4.85. The first kappa shape index (κ1) is 14.7. The van der Waals surface area contributed by atoms with Crippen LogP contribution in [0.15, 0.2) is 51.4 Å². The molecule has 0 aliphatic carbocycles. The van der Waals surface area contributed by atoms with E-state index in [9.17, 15) is 4.39 Å². The zero-order valence-electron chi connectivity index (χ0n) is 10.5. The van der Waals surface area contributed by atoms with Crippen molar-refractivity contribution in [2.75, 3.05) is 7.05 Å². The third kappa shape index (κ3) is 3.44. The molecule has 0 saturated carbocycles. The van der Waals surface area contributed by atoms with Gasteiger partial charge in [-0.25, -0.2) is 4.39 Å². The van der Waals surface area contributed by atoms with E-state index >= 15 is 0 Å². The number of hydrogen-bond donors (Lipinski definition) is 1. The number of hydrogen-bond acceptors (Lipinski definition) is 1. The number of likely N-dealkylation sites (N-methyl/N-ethyl adjacent to an activating group) is 1. The molecule has 0 radical (unpaired) electrons. The lowest BCUT2D eigenvalue weighted by molar-refractivity contribution is 0.570. The molecule has 0 bridgehead atoms. The van der Waals surface area contributed by atoms with Crippen LogP contribution in [0.3, 0.4) is 0 Å². The zero-order chi connectivity index (χ0) is 13.8. The second-order valence-electron chi connectivity index (χ2n) is 4.28. The van der Waals surface area contributed by atoms with E-state index < -0.39 is 0 Å². The van der Waals surface area contributed by atoms with Gasteiger partial charge in [-0.15, -0.1) is 0 Å². The van der Waals surface area contributed by atoms with E-state index in [-0.39, 0.29) is 11.9 Å². The van der Waals surface area contributed by atoms with Crippen LogP contribution in [-0.4, -0.2) is 7.05 Å².